The van der Waals surface area contributed by atoms with E-state index >= 15 is 0 Å². The highest BCUT2D eigenvalue weighted by Gasteiger charge is 2.46. The van der Waals surface area contributed by atoms with Gasteiger partial charge in [0, 0.05) is 47.6 Å². The van der Waals surface area contributed by atoms with Crippen LogP contribution >= 0.6 is 0 Å². The molecule has 0 saturated heterocycles. The lowest BCUT2D eigenvalue weighted by molar-refractivity contribution is 0.103. The molecule has 440 valence electrons. The van der Waals surface area contributed by atoms with E-state index in [1.807, 2.05) is 179 Å². The predicted octanol–water partition coefficient (Wildman–Crippen LogP) is 17.5. The van der Waals surface area contributed by atoms with Gasteiger partial charge in [-0.15, -0.1) is 0 Å². The molecule has 0 radical (unpaired) electrons. The maximum absolute atomic E-state index is 12.9. The van der Waals surface area contributed by atoms with Gasteiger partial charge in [-0.1, -0.05) is 180 Å². The van der Waals surface area contributed by atoms with Gasteiger partial charge < -0.3 is 18.9 Å². The van der Waals surface area contributed by atoms with Crippen molar-refractivity contribution < 1.29 is 46.3 Å². The van der Waals surface area contributed by atoms with Crippen molar-refractivity contribution in [2.24, 2.45) is 0 Å². The zero-order valence-corrected chi connectivity index (χ0v) is 50.7. The minimum Gasteiger partial charge on any atom is -0.497 e. The van der Waals surface area contributed by atoms with E-state index in [1.165, 1.54) is 52.1 Å². The van der Waals surface area contributed by atoms with Gasteiger partial charge in [0.1, 0.15) is 28.7 Å². The molecule has 0 fully saturated rings. The van der Waals surface area contributed by atoms with E-state index in [2.05, 4.69) is 77.5 Å². The van der Waals surface area contributed by atoms with Gasteiger partial charge in [-0.25, -0.2) is 0 Å². The monoisotopic (exact) mass is 1180 g/mol. The number of fused-ring (bicyclic) bond motifs is 3. The Hall–Kier alpha value is -10.3. The summed E-state index contributed by atoms with van der Waals surface area (Å²) in [4.78, 5) is 37.4. The van der Waals surface area contributed by atoms with E-state index < -0.39 is 15.5 Å². The maximum atomic E-state index is 12.9. The SMILES string of the molecule is COC.COc1ccc(C2(c3ccc(Oc4ccc(C(=O)c5ccc(C)cc5)cc4)cc3)c3ccccc3-c3ccccc32)cc1.Cc1ccc(C(=O)c2ccc(Oc3ccccc3)cc2)cc1.Cc1ccc(C)c(C(=O)c2cccc(S(=O)(=O)O)c2)c1. The molecule has 0 saturated carbocycles. The third kappa shape index (κ3) is 14.5. The minimum atomic E-state index is -4.31. The van der Waals surface area contributed by atoms with Crippen molar-refractivity contribution in [3.63, 3.8) is 0 Å². The summed E-state index contributed by atoms with van der Waals surface area (Å²) in [7, 11) is 0.632. The highest BCUT2D eigenvalue weighted by Crippen LogP contribution is 2.56. The Balaban J connectivity index is 0.000000171. The lowest BCUT2D eigenvalue weighted by Crippen LogP contribution is -2.28. The molecule has 11 aromatic rings. The van der Waals surface area contributed by atoms with Crippen LogP contribution in [-0.4, -0.2) is 51.6 Å². The number of carbonyl (C=O) groups is 3. The van der Waals surface area contributed by atoms with Crippen molar-refractivity contribution in [3.8, 4) is 39.9 Å². The summed E-state index contributed by atoms with van der Waals surface area (Å²) in [5.41, 5.74) is 14.3. The smallest absolute Gasteiger partial charge is 0.294 e. The molecule has 1 N–H and O–H groups in total. The van der Waals surface area contributed by atoms with Gasteiger partial charge in [0.05, 0.1) is 17.4 Å². The Morgan fingerprint density at radius 1 is 0.364 bits per heavy atom. The quantitative estimate of drug-likeness (QED) is 0.0826. The first-order valence-electron chi connectivity index (χ1n) is 28.4. The van der Waals surface area contributed by atoms with Crippen LogP contribution in [0.3, 0.4) is 0 Å². The summed E-state index contributed by atoms with van der Waals surface area (Å²) in [6, 6.07) is 84.4. The first kappa shape index (κ1) is 62.2. The fraction of sp³-hybridized carbons (Fsp3) is 0.104. The maximum Gasteiger partial charge on any atom is 0.294 e. The number of para-hydroxylation sites is 1. The third-order valence-corrected chi connectivity index (χ3v) is 15.7. The second-order valence-corrected chi connectivity index (χ2v) is 22.5. The minimum absolute atomic E-state index is 0.00291. The van der Waals surface area contributed by atoms with Crippen LogP contribution in [0.4, 0.5) is 0 Å². The molecule has 0 aromatic heterocycles. The Morgan fingerprint density at radius 3 is 1.17 bits per heavy atom. The second-order valence-electron chi connectivity index (χ2n) is 21.1. The van der Waals surface area contributed by atoms with Crippen LogP contribution in [0, 0.1) is 27.7 Å². The van der Waals surface area contributed by atoms with E-state index in [9.17, 15) is 22.8 Å². The lowest BCUT2D eigenvalue weighted by atomic mass is 9.68. The lowest BCUT2D eigenvalue weighted by Gasteiger charge is -2.34. The Bertz CT molecular complexity index is 4270. The summed E-state index contributed by atoms with van der Waals surface area (Å²) in [5.74, 6) is 3.47. The first-order chi connectivity index (χ1) is 42.5. The predicted molar refractivity (Wildman–Crippen MR) is 348 cm³/mol. The highest BCUT2D eigenvalue weighted by atomic mass is 32.2. The molecule has 11 aromatic carbocycles. The number of methoxy groups -OCH3 is 2. The highest BCUT2D eigenvalue weighted by molar-refractivity contribution is 7.85. The van der Waals surface area contributed by atoms with Gasteiger partial charge in [0.15, 0.2) is 17.3 Å². The zero-order chi connectivity index (χ0) is 62.4. The molecule has 12 rings (SSSR count). The topological polar surface area (TPSA) is 142 Å². The largest absolute Gasteiger partial charge is 0.497 e. The van der Waals surface area contributed by atoms with Crippen LogP contribution in [0.5, 0.6) is 28.7 Å². The van der Waals surface area contributed by atoms with Crippen molar-refractivity contribution in [3.05, 3.63) is 345 Å². The normalized spacial score (nSPS) is 11.5. The van der Waals surface area contributed by atoms with Crippen molar-refractivity contribution in [2.75, 3.05) is 21.3 Å². The summed E-state index contributed by atoms with van der Waals surface area (Å²) in [6.07, 6.45) is 0. The summed E-state index contributed by atoms with van der Waals surface area (Å²) < 4.78 is 52.9. The summed E-state index contributed by atoms with van der Waals surface area (Å²) in [5, 5.41) is 0. The number of hydrogen-bond acceptors (Lipinski definition) is 9. The molecule has 0 amide bonds. The average molecular weight is 1180 g/mol. The summed E-state index contributed by atoms with van der Waals surface area (Å²) in [6.45, 7) is 7.71. The molecule has 0 spiro atoms. The van der Waals surface area contributed by atoms with E-state index in [-0.39, 0.29) is 27.8 Å². The van der Waals surface area contributed by atoms with Crippen LogP contribution in [0.25, 0.3) is 11.1 Å². The van der Waals surface area contributed by atoms with Gasteiger partial charge in [0.25, 0.3) is 10.1 Å². The van der Waals surface area contributed by atoms with Crippen LogP contribution in [0.2, 0.25) is 0 Å². The molecule has 0 bridgehead atoms. The third-order valence-electron chi connectivity index (χ3n) is 14.9. The van der Waals surface area contributed by atoms with Crippen molar-refractivity contribution in [1.82, 2.24) is 0 Å². The van der Waals surface area contributed by atoms with Crippen LogP contribution in [0.15, 0.2) is 272 Å². The standard InChI is InChI=1S/C40H30O3.C20H16O2.C15H14O4S.C2H6O/c1-27-11-13-28(14-12-27)39(41)29-15-21-33(22-16-29)43-34-25-19-31(20-26-34)40(30-17-23-32(42-2)24-18-30)37-9-5-3-7-35(37)36-8-4-6-10-38(36)40;1-15-7-9-16(10-8-15)20(21)17-11-13-19(14-12-17)22-18-5-3-2-4-6-18;1-10-6-7-11(2)14(8-10)15(16)12-4-3-5-13(9-12)20(17,18)19;1-3-2/h3-26H,1-2H3;2-14H,1H3;3-9H,1-2H3,(H,17,18,19);1-2H3. The molecule has 88 heavy (non-hydrogen) atoms. The van der Waals surface area contributed by atoms with Gasteiger partial charge in [-0.05, 0) is 170 Å². The Kier molecular flexibility index (Phi) is 20.0. The molecule has 0 aliphatic heterocycles. The van der Waals surface area contributed by atoms with Gasteiger partial charge >= 0.3 is 0 Å². The van der Waals surface area contributed by atoms with Crippen LogP contribution in [-0.2, 0) is 20.3 Å². The molecule has 11 heteroatoms. The molecule has 1 aliphatic rings. The molecule has 1 aliphatic carbocycles. The van der Waals surface area contributed by atoms with Gasteiger partial charge in [-0.2, -0.15) is 8.42 Å². The van der Waals surface area contributed by atoms with E-state index in [0.29, 0.717) is 39.3 Å². The number of hydrogen-bond donors (Lipinski definition) is 1. The molecule has 0 unspecified atom stereocenters. The number of rotatable bonds is 14. The van der Waals surface area contributed by atoms with Gasteiger partial charge in [0.2, 0.25) is 0 Å². The second kappa shape index (κ2) is 28.3. The molecule has 0 heterocycles. The molecular weight excluding hydrogens is 1120 g/mol. The average Bonchev–Trinajstić information content (AvgIpc) is 1.61. The number of carbonyl (C=O) groups excluding carboxylic acids is 3. The Morgan fingerprint density at radius 2 is 0.739 bits per heavy atom. The first-order valence-corrected chi connectivity index (χ1v) is 29.8. The zero-order valence-electron chi connectivity index (χ0n) is 49.9. The number of ketones is 3. The van der Waals surface area contributed by atoms with E-state index in [1.54, 1.807) is 39.5 Å². The fourth-order valence-electron chi connectivity index (χ4n) is 10.4. The van der Waals surface area contributed by atoms with E-state index in [4.69, 9.17) is 18.8 Å². The number of benzene rings is 11. The van der Waals surface area contributed by atoms with Crippen molar-refractivity contribution in [1.29, 1.82) is 0 Å². The Labute approximate surface area is 515 Å². The fourth-order valence-corrected chi connectivity index (χ4v) is 11.0. The van der Waals surface area contributed by atoms with Crippen molar-refractivity contribution >= 4 is 27.5 Å². The van der Waals surface area contributed by atoms with Crippen LogP contribution in [0.1, 0.15) is 92.3 Å². The molecule has 0 atom stereocenters. The molecular formula is C77H66O10S. The number of aryl methyl sites for hydroxylation is 4. The summed E-state index contributed by atoms with van der Waals surface area (Å²) >= 11 is 0. The van der Waals surface area contributed by atoms with E-state index in [0.717, 1.165) is 45.1 Å². The van der Waals surface area contributed by atoms with Gasteiger partial charge in [-0.3, -0.25) is 18.9 Å². The number of ether oxygens (including phenoxy) is 4. The van der Waals surface area contributed by atoms with Crippen LogP contribution < -0.4 is 14.2 Å². The molecule has 10 nitrogen and oxygen atoms in total. The van der Waals surface area contributed by atoms with Crippen molar-refractivity contribution in [2.45, 2.75) is 38.0 Å².